The summed E-state index contributed by atoms with van der Waals surface area (Å²) in [4.78, 5) is 25.9. The van der Waals surface area contributed by atoms with Crippen molar-refractivity contribution < 1.29 is 9.72 Å². The number of carbonyl (C=O) groups excluding carboxylic acids is 1. The first-order chi connectivity index (χ1) is 7.41. The van der Waals surface area contributed by atoms with E-state index in [0.29, 0.717) is 0 Å². The molecule has 0 aliphatic carbocycles. The number of nitro groups is 1. The van der Waals surface area contributed by atoms with Crippen molar-refractivity contribution in [3.05, 3.63) is 27.4 Å². The number of rotatable bonds is 4. The Morgan fingerprint density at radius 3 is 2.88 bits per heavy atom. The quantitative estimate of drug-likeness (QED) is 0.616. The summed E-state index contributed by atoms with van der Waals surface area (Å²) >= 11 is 5.59. The molecule has 0 saturated carbocycles. The molecule has 1 heterocycles. The molecular weight excluding hydrogens is 236 g/mol. The van der Waals surface area contributed by atoms with Crippen molar-refractivity contribution in [2.75, 3.05) is 18.5 Å². The molecule has 86 valence electrons. The van der Waals surface area contributed by atoms with E-state index >= 15 is 0 Å². The van der Waals surface area contributed by atoms with E-state index in [-0.39, 0.29) is 23.1 Å². The van der Waals surface area contributed by atoms with Crippen LogP contribution < -0.4 is 10.6 Å². The number of amides is 1. The van der Waals surface area contributed by atoms with Gasteiger partial charge in [0.25, 0.3) is 0 Å². The van der Waals surface area contributed by atoms with Crippen LogP contribution in [-0.2, 0) is 4.79 Å². The maximum atomic E-state index is 10.7. The lowest BCUT2D eigenvalue weighted by Gasteiger charge is -2.15. The number of nitrogens with two attached hydrogens (primary N) is 1. The van der Waals surface area contributed by atoms with Crippen molar-refractivity contribution in [1.82, 2.24) is 4.98 Å². The van der Waals surface area contributed by atoms with Gasteiger partial charge in [-0.2, -0.15) is 0 Å². The Bertz CT molecular complexity index is 437. The van der Waals surface area contributed by atoms with E-state index in [2.05, 4.69) is 4.98 Å². The molecule has 8 heteroatoms. The van der Waals surface area contributed by atoms with Gasteiger partial charge in [0.2, 0.25) is 11.7 Å². The molecular formula is C8H9ClN4O3. The zero-order chi connectivity index (χ0) is 12.3. The largest absolute Gasteiger partial charge is 0.368 e. The van der Waals surface area contributed by atoms with E-state index in [1.165, 1.54) is 24.2 Å². The summed E-state index contributed by atoms with van der Waals surface area (Å²) in [6, 6.07) is 1.17. The van der Waals surface area contributed by atoms with Crippen LogP contribution >= 0.6 is 11.6 Å². The zero-order valence-electron chi connectivity index (χ0n) is 8.38. The number of anilines is 1. The first-order valence-electron chi connectivity index (χ1n) is 4.21. The molecule has 0 aliphatic rings. The van der Waals surface area contributed by atoms with Gasteiger partial charge in [-0.05, 0) is 0 Å². The van der Waals surface area contributed by atoms with Crippen LogP contribution in [-0.4, -0.2) is 29.4 Å². The van der Waals surface area contributed by atoms with Crippen LogP contribution in [0.2, 0.25) is 5.02 Å². The van der Waals surface area contributed by atoms with Gasteiger partial charge >= 0.3 is 5.69 Å². The van der Waals surface area contributed by atoms with E-state index in [9.17, 15) is 14.9 Å². The van der Waals surface area contributed by atoms with E-state index in [4.69, 9.17) is 17.3 Å². The second-order valence-corrected chi connectivity index (χ2v) is 3.51. The number of aromatic nitrogens is 1. The predicted octanol–water partition coefficient (Wildman–Crippen LogP) is 0.565. The van der Waals surface area contributed by atoms with Gasteiger partial charge in [0.15, 0.2) is 0 Å². The fourth-order valence-electron chi connectivity index (χ4n) is 1.16. The van der Waals surface area contributed by atoms with Crippen LogP contribution in [0.4, 0.5) is 11.5 Å². The van der Waals surface area contributed by atoms with Crippen LogP contribution in [0.25, 0.3) is 0 Å². The Morgan fingerprint density at radius 1 is 1.75 bits per heavy atom. The van der Waals surface area contributed by atoms with Gasteiger partial charge in [-0.15, -0.1) is 0 Å². The van der Waals surface area contributed by atoms with Gasteiger partial charge in [0.05, 0.1) is 16.5 Å². The highest BCUT2D eigenvalue weighted by molar-refractivity contribution is 6.30. The van der Waals surface area contributed by atoms with Crippen molar-refractivity contribution in [1.29, 1.82) is 0 Å². The highest BCUT2D eigenvalue weighted by atomic mass is 35.5. The fourth-order valence-corrected chi connectivity index (χ4v) is 1.31. The van der Waals surface area contributed by atoms with Crippen LogP contribution in [0.3, 0.4) is 0 Å². The highest BCUT2D eigenvalue weighted by Crippen LogP contribution is 2.27. The van der Waals surface area contributed by atoms with Crippen LogP contribution in [0.1, 0.15) is 0 Å². The Labute approximate surface area is 96.0 Å². The van der Waals surface area contributed by atoms with Gasteiger partial charge in [-0.3, -0.25) is 14.9 Å². The van der Waals surface area contributed by atoms with Crippen LogP contribution in [0.15, 0.2) is 12.3 Å². The van der Waals surface area contributed by atoms with Crippen molar-refractivity contribution >= 4 is 29.0 Å². The molecule has 1 aromatic heterocycles. The van der Waals surface area contributed by atoms with Crippen LogP contribution in [0.5, 0.6) is 0 Å². The van der Waals surface area contributed by atoms with Gasteiger partial charge in [-0.1, -0.05) is 11.6 Å². The number of primary amides is 1. The van der Waals surface area contributed by atoms with Crippen molar-refractivity contribution in [3.63, 3.8) is 0 Å². The number of likely N-dealkylation sites (N-methyl/N-ethyl adjacent to an activating group) is 1. The number of hydrogen-bond acceptors (Lipinski definition) is 5. The molecule has 0 radical (unpaired) electrons. The fraction of sp³-hybridized carbons (Fsp3) is 0.250. The molecule has 2 N–H and O–H groups in total. The molecule has 0 aromatic carbocycles. The molecule has 16 heavy (non-hydrogen) atoms. The summed E-state index contributed by atoms with van der Waals surface area (Å²) in [7, 11) is 1.48. The highest BCUT2D eigenvalue weighted by Gasteiger charge is 2.20. The average molecular weight is 245 g/mol. The minimum absolute atomic E-state index is 0.0493. The van der Waals surface area contributed by atoms with Crippen molar-refractivity contribution in [2.24, 2.45) is 5.73 Å². The molecule has 0 aliphatic heterocycles. The first kappa shape index (κ1) is 12.2. The van der Waals surface area contributed by atoms with Gasteiger partial charge in [-0.25, -0.2) is 4.98 Å². The van der Waals surface area contributed by atoms with E-state index in [1.54, 1.807) is 0 Å². The lowest BCUT2D eigenvalue weighted by Crippen LogP contribution is -2.31. The number of hydrogen-bond donors (Lipinski definition) is 1. The molecule has 0 bridgehead atoms. The lowest BCUT2D eigenvalue weighted by molar-refractivity contribution is -0.384. The van der Waals surface area contributed by atoms with Crippen molar-refractivity contribution in [3.8, 4) is 0 Å². The molecule has 0 atom stereocenters. The Kier molecular flexibility index (Phi) is 3.62. The number of halogens is 1. The minimum Gasteiger partial charge on any atom is -0.368 e. The summed E-state index contributed by atoms with van der Waals surface area (Å²) in [6.07, 6.45) is 1.27. The van der Waals surface area contributed by atoms with Gasteiger partial charge in [0.1, 0.15) is 0 Å². The monoisotopic (exact) mass is 244 g/mol. The van der Waals surface area contributed by atoms with Gasteiger partial charge < -0.3 is 10.6 Å². The average Bonchev–Trinajstić information content (AvgIpc) is 2.16. The zero-order valence-corrected chi connectivity index (χ0v) is 9.14. The summed E-state index contributed by atoms with van der Waals surface area (Å²) in [6.45, 7) is -0.157. The SMILES string of the molecule is CN(CC(N)=O)c1ncc(Cl)cc1[N+](=O)[O-]. The second kappa shape index (κ2) is 4.75. The first-order valence-corrected chi connectivity index (χ1v) is 4.59. The maximum absolute atomic E-state index is 10.7. The molecule has 0 unspecified atom stereocenters. The molecule has 1 rings (SSSR count). The summed E-state index contributed by atoms with van der Waals surface area (Å²) in [5, 5.41) is 10.9. The third kappa shape index (κ3) is 2.80. The Balaban J connectivity index is 3.12. The van der Waals surface area contributed by atoms with E-state index in [0.717, 1.165) is 0 Å². The third-order valence-corrected chi connectivity index (χ3v) is 1.97. The Morgan fingerprint density at radius 2 is 2.38 bits per heavy atom. The minimum atomic E-state index is -0.619. The molecule has 1 aromatic rings. The summed E-state index contributed by atoms with van der Waals surface area (Å²) in [5.41, 5.74) is 4.72. The number of nitrogens with zero attached hydrogens (tertiary/aromatic N) is 3. The molecule has 0 spiro atoms. The summed E-state index contributed by atoms with van der Waals surface area (Å²) in [5.74, 6) is -0.554. The van der Waals surface area contributed by atoms with E-state index < -0.39 is 10.8 Å². The smallest absolute Gasteiger partial charge is 0.313 e. The second-order valence-electron chi connectivity index (χ2n) is 3.08. The topological polar surface area (TPSA) is 102 Å². The lowest BCUT2D eigenvalue weighted by atomic mass is 10.3. The number of carbonyl (C=O) groups is 1. The number of pyridine rings is 1. The molecule has 0 saturated heterocycles. The third-order valence-electron chi connectivity index (χ3n) is 1.77. The normalized spacial score (nSPS) is 9.88. The molecule has 7 nitrogen and oxygen atoms in total. The van der Waals surface area contributed by atoms with Gasteiger partial charge in [0, 0.05) is 19.3 Å². The maximum Gasteiger partial charge on any atom is 0.313 e. The van der Waals surface area contributed by atoms with E-state index in [1.807, 2.05) is 0 Å². The Hall–Kier alpha value is -1.89. The predicted molar refractivity (Wildman–Crippen MR) is 58.4 cm³/mol. The van der Waals surface area contributed by atoms with Crippen LogP contribution in [0, 0.1) is 10.1 Å². The molecule has 1 amide bonds. The standard InChI is InChI=1S/C8H9ClN4O3/c1-12(4-7(10)14)8-6(13(15)16)2-5(9)3-11-8/h2-3H,4H2,1H3,(H2,10,14). The molecule has 0 fully saturated rings. The van der Waals surface area contributed by atoms with Crippen molar-refractivity contribution in [2.45, 2.75) is 0 Å². The summed E-state index contributed by atoms with van der Waals surface area (Å²) < 4.78 is 0.